The Bertz CT molecular complexity index is 332. The number of furan rings is 1. The Morgan fingerprint density at radius 2 is 2.35 bits per heavy atom. The van der Waals surface area contributed by atoms with Gasteiger partial charge in [-0.15, -0.1) is 0 Å². The molecule has 2 rings (SSSR count). The topological polar surface area (TPSA) is 34.4 Å². The molecule has 2 unspecified atom stereocenters. The summed E-state index contributed by atoms with van der Waals surface area (Å²) < 4.78 is 11.3. The highest BCUT2D eigenvalue weighted by Gasteiger charge is 2.31. The summed E-state index contributed by atoms with van der Waals surface area (Å²) in [5.74, 6) is 1.04. The molecule has 1 aromatic heterocycles. The lowest BCUT2D eigenvalue weighted by Gasteiger charge is -2.21. The second-order valence-corrected chi connectivity index (χ2v) is 5.63. The summed E-state index contributed by atoms with van der Waals surface area (Å²) in [6.07, 6.45) is 5.34. The lowest BCUT2D eigenvalue weighted by molar-refractivity contribution is -0.0150. The molecule has 0 amide bonds. The van der Waals surface area contributed by atoms with Gasteiger partial charge in [0.25, 0.3) is 0 Å². The first-order valence-corrected chi connectivity index (χ1v) is 6.49. The van der Waals surface area contributed by atoms with E-state index in [9.17, 15) is 0 Å². The Morgan fingerprint density at radius 1 is 1.53 bits per heavy atom. The molecule has 0 bridgehead atoms. The first-order valence-electron chi connectivity index (χ1n) is 6.49. The minimum absolute atomic E-state index is 0.0661. The summed E-state index contributed by atoms with van der Waals surface area (Å²) >= 11 is 0. The van der Waals surface area contributed by atoms with E-state index < -0.39 is 0 Å². The van der Waals surface area contributed by atoms with Gasteiger partial charge in [0.2, 0.25) is 0 Å². The van der Waals surface area contributed by atoms with Gasteiger partial charge >= 0.3 is 0 Å². The van der Waals surface area contributed by atoms with Gasteiger partial charge in [0, 0.05) is 19.0 Å². The quantitative estimate of drug-likeness (QED) is 0.855. The molecule has 1 saturated heterocycles. The van der Waals surface area contributed by atoms with Crippen molar-refractivity contribution < 1.29 is 9.15 Å². The molecule has 1 aromatic rings. The lowest BCUT2D eigenvalue weighted by Crippen LogP contribution is -2.35. The summed E-state index contributed by atoms with van der Waals surface area (Å²) in [5, 5.41) is 3.52. The van der Waals surface area contributed by atoms with Crippen molar-refractivity contribution in [3.05, 3.63) is 24.2 Å². The van der Waals surface area contributed by atoms with Crippen LogP contribution in [0.5, 0.6) is 0 Å². The Balaban J connectivity index is 1.68. The number of hydrogen-bond donors (Lipinski definition) is 1. The van der Waals surface area contributed by atoms with Crippen LogP contribution in [0.1, 0.15) is 39.4 Å². The van der Waals surface area contributed by atoms with Crippen molar-refractivity contribution in [3.63, 3.8) is 0 Å². The standard InChI is InChI=1S/C14H23NO2/c1-11(9-12-5-4-8-16-12)15-10-13-6-7-14(2,3)17-13/h4-5,8,11,13,15H,6-7,9-10H2,1-3H3. The maximum absolute atomic E-state index is 5.95. The van der Waals surface area contributed by atoms with E-state index in [0.29, 0.717) is 12.1 Å². The molecule has 0 aromatic carbocycles. The van der Waals surface area contributed by atoms with Crippen LogP contribution < -0.4 is 5.32 Å². The average molecular weight is 237 g/mol. The normalized spacial score (nSPS) is 25.0. The maximum atomic E-state index is 5.95. The van der Waals surface area contributed by atoms with Gasteiger partial charge in [-0.25, -0.2) is 0 Å². The second kappa shape index (κ2) is 5.23. The molecule has 3 heteroatoms. The first-order chi connectivity index (χ1) is 8.05. The third kappa shape index (κ3) is 3.86. The maximum Gasteiger partial charge on any atom is 0.105 e. The summed E-state index contributed by atoms with van der Waals surface area (Å²) in [5.41, 5.74) is 0.0661. The van der Waals surface area contributed by atoms with Crippen molar-refractivity contribution in [2.24, 2.45) is 0 Å². The van der Waals surface area contributed by atoms with Crippen molar-refractivity contribution in [2.75, 3.05) is 6.54 Å². The monoisotopic (exact) mass is 237 g/mol. The molecule has 2 heterocycles. The molecule has 1 aliphatic heterocycles. The number of hydrogen-bond acceptors (Lipinski definition) is 3. The van der Waals surface area contributed by atoms with Crippen LogP contribution in [0.15, 0.2) is 22.8 Å². The molecular weight excluding hydrogens is 214 g/mol. The molecule has 3 nitrogen and oxygen atoms in total. The Hall–Kier alpha value is -0.800. The van der Waals surface area contributed by atoms with Crippen LogP contribution in [0.2, 0.25) is 0 Å². The van der Waals surface area contributed by atoms with E-state index in [0.717, 1.165) is 31.6 Å². The molecule has 2 atom stereocenters. The number of rotatable bonds is 5. The Kier molecular flexibility index (Phi) is 3.89. The van der Waals surface area contributed by atoms with Crippen molar-refractivity contribution in [1.29, 1.82) is 0 Å². The lowest BCUT2D eigenvalue weighted by atomic mass is 10.1. The van der Waals surface area contributed by atoms with Crippen LogP contribution in [0.25, 0.3) is 0 Å². The first kappa shape index (κ1) is 12.7. The zero-order valence-electron chi connectivity index (χ0n) is 11.0. The molecule has 1 aliphatic rings. The van der Waals surface area contributed by atoms with Crippen LogP contribution in [0, 0.1) is 0 Å². The average Bonchev–Trinajstić information content (AvgIpc) is 2.85. The molecule has 0 aliphatic carbocycles. The van der Waals surface area contributed by atoms with Crippen LogP contribution in [0.3, 0.4) is 0 Å². The van der Waals surface area contributed by atoms with E-state index in [1.54, 1.807) is 6.26 Å². The fourth-order valence-electron chi connectivity index (χ4n) is 2.36. The summed E-state index contributed by atoms with van der Waals surface area (Å²) in [4.78, 5) is 0. The number of ether oxygens (including phenoxy) is 1. The summed E-state index contributed by atoms with van der Waals surface area (Å²) in [6.45, 7) is 7.45. The Morgan fingerprint density at radius 3 is 2.94 bits per heavy atom. The van der Waals surface area contributed by atoms with E-state index in [4.69, 9.17) is 9.15 Å². The van der Waals surface area contributed by atoms with Crippen LogP contribution >= 0.6 is 0 Å². The molecule has 96 valence electrons. The highest BCUT2D eigenvalue weighted by Crippen LogP contribution is 2.28. The molecule has 0 spiro atoms. The van der Waals surface area contributed by atoms with E-state index in [2.05, 4.69) is 26.1 Å². The van der Waals surface area contributed by atoms with Crippen LogP contribution in [-0.2, 0) is 11.2 Å². The molecule has 17 heavy (non-hydrogen) atoms. The molecule has 0 saturated carbocycles. The van der Waals surface area contributed by atoms with E-state index in [1.807, 2.05) is 12.1 Å². The van der Waals surface area contributed by atoms with Crippen molar-refractivity contribution >= 4 is 0 Å². The van der Waals surface area contributed by atoms with Gasteiger partial charge in [-0.3, -0.25) is 0 Å². The highest BCUT2D eigenvalue weighted by molar-refractivity contribution is 5.00. The second-order valence-electron chi connectivity index (χ2n) is 5.63. The van der Waals surface area contributed by atoms with Crippen LogP contribution in [0.4, 0.5) is 0 Å². The fraction of sp³-hybridized carbons (Fsp3) is 0.714. The minimum Gasteiger partial charge on any atom is -0.469 e. The van der Waals surface area contributed by atoms with E-state index >= 15 is 0 Å². The Labute approximate surface area is 104 Å². The molecule has 1 fully saturated rings. The van der Waals surface area contributed by atoms with Crippen molar-refractivity contribution in [1.82, 2.24) is 5.32 Å². The van der Waals surface area contributed by atoms with Crippen molar-refractivity contribution in [3.8, 4) is 0 Å². The smallest absolute Gasteiger partial charge is 0.105 e. The van der Waals surface area contributed by atoms with Gasteiger partial charge in [-0.1, -0.05) is 0 Å². The molecular formula is C14H23NO2. The summed E-state index contributed by atoms with van der Waals surface area (Å²) in [7, 11) is 0. The van der Waals surface area contributed by atoms with Crippen molar-refractivity contribution in [2.45, 2.75) is 57.8 Å². The molecule has 1 N–H and O–H groups in total. The highest BCUT2D eigenvalue weighted by atomic mass is 16.5. The van der Waals surface area contributed by atoms with Gasteiger partial charge in [0.1, 0.15) is 5.76 Å². The van der Waals surface area contributed by atoms with Gasteiger partial charge in [0.05, 0.1) is 18.0 Å². The SMILES string of the molecule is CC(Cc1ccco1)NCC1CCC(C)(C)O1. The van der Waals surface area contributed by atoms with Crippen LogP contribution in [-0.4, -0.2) is 24.3 Å². The zero-order chi connectivity index (χ0) is 12.3. The largest absolute Gasteiger partial charge is 0.469 e. The van der Waals surface area contributed by atoms with Gasteiger partial charge in [0.15, 0.2) is 0 Å². The van der Waals surface area contributed by atoms with Gasteiger partial charge < -0.3 is 14.5 Å². The zero-order valence-corrected chi connectivity index (χ0v) is 11.0. The predicted molar refractivity (Wildman–Crippen MR) is 68.1 cm³/mol. The fourth-order valence-corrected chi connectivity index (χ4v) is 2.36. The summed E-state index contributed by atoms with van der Waals surface area (Å²) in [6, 6.07) is 4.38. The number of nitrogens with one attached hydrogen (secondary N) is 1. The third-order valence-corrected chi connectivity index (χ3v) is 3.34. The molecule has 0 radical (unpaired) electrons. The van der Waals surface area contributed by atoms with E-state index in [-0.39, 0.29) is 5.60 Å². The third-order valence-electron chi connectivity index (χ3n) is 3.34. The minimum atomic E-state index is 0.0661. The van der Waals surface area contributed by atoms with Gasteiger partial charge in [-0.05, 0) is 45.7 Å². The van der Waals surface area contributed by atoms with Gasteiger partial charge in [-0.2, -0.15) is 0 Å². The van der Waals surface area contributed by atoms with E-state index in [1.165, 1.54) is 0 Å². The predicted octanol–water partition coefficient (Wildman–Crippen LogP) is 2.76.